The number of primary sulfonamides is 1. The highest BCUT2D eigenvalue weighted by Gasteiger charge is 2.06. The Kier molecular flexibility index (Phi) is 5.31. The first-order valence-corrected chi connectivity index (χ1v) is 7.49. The average molecular weight is 284 g/mol. The first-order valence-electron chi connectivity index (χ1n) is 5.94. The summed E-state index contributed by atoms with van der Waals surface area (Å²) in [6, 6.07) is 6.24. The fraction of sp³-hybridized carbons (Fsp3) is 0.417. The van der Waals surface area contributed by atoms with Gasteiger partial charge < -0.3 is 11.1 Å². The van der Waals surface area contributed by atoms with Crippen molar-refractivity contribution in [2.24, 2.45) is 21.8 Å². The minimum absolute atomic E-state index is 0.0890. The number of hydrogen-bond donors (Lipinski definition) is 3. The lowest BCUT2D eigenvalue weighted by Gasteiger charge is -2.07. The zero-order valence-corrected chi connectivity index (χ0v) is 11.9. The fourth-order valence-corrected chi connectivity index (χ4v) is 1.84. The molecule has 0 amide bonds. The Bertz CT molecular complexity index is 535. The minimum atomic E-state index is -3.64. The van der Waals surface area contributed by atoms with Gasteiger partial charge in [0, 0.05) is 6.54 Å². The Morgan fingerprint density at radius 1 is 1.32 bits per heavy atom. The van der Waals surface area contributed by atoms with Crippen molar-refractivity contribution in [3.8, 4) is 0 Å². The van der Waals surface area contributed by atoms with Crippen LogP contribution in [0.25, 0.3) is 0 Å². The van der Waals surface area contributed by atoms with Crippen molar-refractivity contribution in [1.29, 1.82) is 0 Å². The average Bonchev–Trinajstić information content (AvgIpc) is 2.33. The second-order valence-electron chi connectivity index (χ2n) is 4.67. The van der Waals surface area contributed by atoms with Crippen LogP contribution in [-0.2, 0) is 16.6 Å². The Balaban J connectivity index is 2.61. The largest absolute Gasteiger partial charge is 0.370 e. The lowest BCUT2D eigenvalue weighted by molar-refractivity contribution is 0.598. The van der Waals surface area contributed by atoms with Gasteiger partial charge >= 0.3 is 0 Å². The van der Waals surface area contributed by atoms with Crippen LogP contribution in [0.15, 0.2) is 34.2 Å². The summed E-state index contributed by atoms with van der Waals surface area (Å²) in [6.07, 6.45) is 0. The van der Waals surface area contributed by atoms with Crippen molar-refractivity contribution in [1.82, 2.24) is 5.32 Å². The van der Waals surface area contributed by atoms with Crippen LogP contribution in [0.3, 0.4) is 0 Å². The minimum Gasteiger partial charge on any atom is -0.370 e. The molecule has 0 aromatic heterocycles. The third kappa shape index (κ3) is 5.71. The van der Waals surface area contributed by atoms with Gasteiger partial charge in [0.25, 0.3) is 0 Å². The lowest BCUT2D eigenvalue weighted by atomic mass is 10.2. The summed E-state index contributed by atoms with van der Waals surface area (Å²) in [7, 11) is -3.64. The number of aliphatic imine (C=N–C) groups is 1. The van der Waals surface area contributed by atoms with E-state index < -0.39 is 10.0 Å². The van der Waals surface area contributed by atoms with E-state index in [4.69, 9.17) is 10.9 Å². The monoisotopic (exact) mass is 284 g/mol. The van der Waals surface area contributed by atoms with E-state index in [0.29, 0.717) is 18.4 Å². The quantitative estimate of drug-likeness (QED) is 0.536. The Hall–Kier alpha value is -1.60. The molecule has 0 spiro atoms. The summed E-state index contributed by atoms with van der Waals surface area (Å²) >= 11 is 0. The molecular formula is C12H20N4O2S. The topological polar surface area (TPSA) is 111 Å². The van der Waals surface area contributed by atoms with Crippen molar-refractivity contribution < 1.29 is 8.42 Å². The maximum Gasteiger partial charge on any atom is 0.238 e. The zero-order valence-electron chi connectivity index (χ0n) is 11.1. The molecule has 1 rings (SSSR count). The van der Waals surface area contributed by atoms with Crippen molar-refractivity contribution in [3.63, 3.8) is 0 Å². The predicted octanol–water partition coefficient (Wildman–Crippen LogP) is 0.394. The smallest absolute Gasteiger partial charge is 0.238 e. The van der Waals surface area contributed by atoms with Crippen LogP contribution in [0.4, 0.5) is 0 Å². The molecule has 0 aliphatic carbocycles. The van der Waals surface area contributed by atoms with Gasteiger partial charge in [0.2, 0.25) is 10.0 Å². The maximum atomic E-state index is 11.1. The normalized spacial score (nSPS) is 12.7. The molecule has 0 saturated heterocycles. The van der Waals surface area contributed by atoms with E-state index in [1.54, 1.807) is 12.1 Å². The molecule has 0 saturated carbocycles. The van der Waals surface area contributed by atoms with Gasteiger partial charge in [0.1, 0.15) is 0 Å². The van der Waals surface area contributed by atoms with Crippen LogP contribution in [0.1, 0.15) is 19.4 Å². The summed E-state index contributed by atoms with van der Waals surface area (Å²) < 4.78 is 22.2. The first kappa shape index (κ1) is 15.5. The Morgan fingerprint density at radius 3 is 2.37 bits per heavy atom. The predicted molar refractivity (Wildman–Crippen MR) is 76.0 cm³/mol. The van der Waals surface area contributed by atoms with Crippen LogP contribution in [0.2, 0.25) is 0 Å². The van der Waals surface area contributed by atoms with E-state index >= 15 is 0 Å². The molecule has 0 fully saturated rings. The molecule has 1 aromatic rings. The Labute approximate surface area is 114 Å². The molecule has 0 unspecified atom stereocenters. The molecule has 106 valence electrons. The summed E-state index contributed by atoms with van der Waals surface area (Å²) in [4.78, 5) is 4.25. The third-order valence-corrected chi connectivity index (χ3v) is 3.30. The molecule has 1 aromatic carbocycles. The number of rotatable bonds is 5. The molecule has 0 bridgehead atoms. The van der Waals surface area contributed by atoms with Gasteiger partial charge in [-0.3, -0.25) is 0 Å². The number of hydrogen-bond acceptors (Lipinski definition) is 3. The maximum absolute atomic E-state index is 11.1. The van der Waals surface area contributed by atoms with Crippen LogP contribution >= 0.6 is 0 Å². The summed E-state index contributed by atoms with van der Waals surface area (Å²) in [5.41, 5.74) is 6.55. The van der Waals surface area contributed by atoms with Crippen molar-refractivity contribution in [2.45, 2.75) is 25.3 Å². The lowest BCUT2D eigenvalue weighted by Crippen LogP contribution is -2.34. The van der Waals surface area contributed by atoms with Crippen molar-refractivity contribution >= 4 is 16.0 Å². The van der Waals surface area contributed by atoms with E-state index in [1.807, 2.05) is 0 Å². The van der Waals surface area contributed by atoms with Gasteiger partial charge in [-0.2, -0.15) is 0 Å². The van der Waals surface area contributed by atoms with Crippen molar-refractivity contribution in [2.75, 3.05) is 6.54 Å². The molecule has 0 atom stereocenters. The summed E-state index contributed by atoms with van der Waals surface area (Å²) in [6.45, 7) is 5.31. The molecule has 5 N–H and O–H groups in total. The highest BCUT2D eigenvalue weighted by molar-refractivity contribution is 7.89. The molecule has 0 heterocycles. The van der Waals surface area contributed by atoms with E-state index in [-0.39, 0.29) is 4.90 Å². The summed E-state index contributed by atoms with van der Waals surface area (Å²) in [5, 5.41) is 8.01. The van der Waals surface area contributed by atoms with Gasteiger partial charge in [-0.05, 0) is 23.6 Å². The van der Waals surface area contributed by atoms with Crippen LogP contribution < -0.4 is 16.2 Å². The molecular weight excluding hydrogens is 264 g/mol. The third-order valence-electron chi connectivity index (χ3n) is 2.38. The van der Waals surface area contributed by atoms with Gasteiger partial charge in [-0.15, -0.1) is 0 Å². The second-order valence-corrected chi connectivity index (χ2v) is 6.23. The highest BCUT2D eigenvalue weighted by atomic mass is 32.2. The summed E-state index contributed by atoms with van der Waals surface area (Å²) in [5.74, 6) is 0.868. The number of nitrogens with two attached hydrogens (primary N) is 2. The van der Waals surface area contributed by atoms with E-state index in [1.165, 1.54) is 12.1 Å². The van der Waals surface area contributed by atoms with Crippen molar-refractivity contribution in [3.05, 3.63) is 29.8 Å². The standard InChI is InChI=1S/C12H20N4O2S/c1-9(2)7-15-12(13)16-8-10-3-5-11(6-4-10)19(14,17)18/h3-6,9H,7-8H2,1-2H3,(H3,13,15,16)(H2,14,17,18). The van der Waals surface area contributed by atoms with E-state index in [2.05, 4.69) is 24.2 Å². The van der Waals surface area contributed by atoms with E-state index in [0.717, 1.165) is 12.1 Å². The molecule has 6 nitrogen and oxygen atoms in total. The van der Waals surface area contributed by atoms with Gasteiger partial charge in [-0.25, -0.2) is 18.5 Å². The number of benzene rings is 1. The SMILES string of the molecule is CC(C)CNC(N)=NCc1ccc(S(N)(=O)=O)cc1. The van der Waals surface area contributed by atoms with Crippen LogP contribution in [0.5, 0.6) is 0 Å². The molecule has 19 heavy (non-hydrogen) atoms. The number of sulfonamides is 1. The van der Waals surface area contributed by atoms with Gasteiger partial charge in [0.15, 0.2) is 5.96 Å². The van der Waals surface area contributed by atoms with Crippen LogP contribution in [-0.4, -0.2) is 20.9 Å². The molecule has 0 radical (unpaired) electrons. The van der Waals surface area contributed by atoms with Crippen LogP contribution in [0, 0.1) is 5.92 Å². The number of nitrogens with one attached hydrogen (secondary N) is 1. The molecule has 0 aliphatic rings. The fourth-order valence-electron chi connectivity index (χ4n) is 1.33. The first-order chi connectivity index (χ1) is 8.79. The van der Waals surface area contributed by atoms with Gasteiger partial charge in [-0.1, -0.05) is 26.0 Å². The molecule has 0 aliphatic heterocycles. The molecule has 7 heteroatoms. The zero-order chi connectivity index (χ0) is 14.5. The Morgan fingerprint density at radius 2 is 1.89 bits per heavy atom. The number of nitrogens with zero attached hydrogens (tertiary/aromatic N) is 1. The van der Waals surface area contributed by atoms with Gasteiger partial charge in [0.05, 0.1) is 11.4 Å². The van der Waals surface area contributed by atoms with E-state index in [9.17, 15) is 8.42 Å². The highest BCUT2D eigenvalue weighted by Crippen LogP contribution is 2.09. The number of guanidine groups is 1. The second kappa shape index (κ2) is 6.53.